The molecule has 0 amide bonds. The minimum atomic E-state index is 0.277. The van der Waals surface area contributed by atoms with Gasteiger partial charge in [0, 0.05) is 46.5 Å². The minimum Gasteiger partial charge on any atom is -0.326 e. The molecule has 2 heterocycles. The molecule has 78 valence electrons. The number of thioether (sulfide) groups is 2. The molecule has 14 heavy (non-hydrogen) atoms. The second-order valence-electron chi connectivity index (χ2n) is 3.28. The molecule has 0 aromatic carbocycles. The van der Waals surface area contributed by atoms with E-state index in [0.29, 0.717) is 5.25 Å². The fourth-order valence-electron chi connectivity index (χ4n) is 1.44. The summed E-state index contributed by atoms with van der Waals surface area (Å²) >= 11 is 5.76. The van der Waals surface area contributed by atoms with Crippen molar-refractivity contribution in [1.82, 2.24) is 4.98 Å². The molecule has 2 nitrogen and oxygen atoms in total. The molecule has 2 atom stereocenters. The van der Waals surface area contributed by atoms with E-state index < -0.39 is 0 Å². The Labute approximate surface area is 97.1 Å². The van der Waals surface area contributed by atoms with Crippen molar-refractivity contribution in [1.29, 1.82) is 0 Å². The Morgan fingerprint density at radius 2 is 2.50 bits per heavy atom. The summed E-state index contributed by atoms with van der Waals surface area (Å²) in [7, 11) is 0. The average Bonchev–Trinajstić information content (AvgIpc) is 2.72. The second kappa shape index (κ2) is 5.39. The predicted molar refractivity (Wildman–Crippen MR) is 67.4 cm³/mol. The lowest BCUT2D eigenvalue weighted by Gasteiger charge is -2.26. The fourth-order valence-corrected chi connectivity index (χ4v) is 4.95. The van der Waals surface area contributed by atoms with Gasteiger partial charge < -0.3 is 5.73 Å². The molecule has 0 radical (unpaired) electrons. The molecule has 2 rings (SSSR count). The molecule has 0 bridgehead atoms. The highest BCUT2D eigenvalue weighted by molar-refractivity contribution is 8.06. The van der Waals surface area contributed by atoms with Crippen molar-refractivity contribution in [2.24, 2.45) is 5.73 Å². The minimum absolute atomic E-state index is 0.277. The lowest BCUT2D eigenvalue weighted by Crippen LogP contribution is -2.38. The highest BCUT2D eigenvalue weighted by Crippen LogP contribution is 2.27. The predicted octanol–water partition coefficient (Wildman–Crippen LogP) is 1.86. The molecular weight excluding hydrogens is 232 g/mol. The first kappa shape index (κ1) is 10.8. The van der Waals surface area contributed by atoms with Crippen LogP contribution < -0.4 is 5.73 Å². The van der Waals surface area contributed by atoms with E-state index in [9.17, 15) is 0 Å². The van der Waals surface area contributed by atoms with Crippen LogP contribution in [0.2, 0.25) is 0 Å². The van der Waals surface area contributed by atoms with Gasteiger partial charge >= 0.3 is 0 Å². The van der Waals surface area contributed by atoms with Gasteiger partial charge in [-0.1, -0.05) is 0 Å². The van der Waals surface area contributed by atoms with E-state index in [-0.39, 0.29) is 6.04 Å². The molecule has 2 unspecified atom stereocenters. The van der Waals surface area contributed by atoms with Crippen molar-refractivity contribution in [2.75, 3.05) is 17.3 Å². The zero-order valence-corrected chi connectivity index (χ0v) is 10.3. The van der Waals surface area contributed by atoms with Crippen molar-refractivity contribution in [3.8, 4) is 0 Å². The van der Waals surface area contributed by atoms with E-state index >= 15 is 0 Å². The standard InChI is InChI=1S/C9H14N2S3/c10-7(5-9-11-1-2-14-9)8-6-12-3-4-13-8/h1-2,7-8H,3-6,10H2. The summed E-state index contributed by atoms with van der Waals surface area (Å²) in [6, 6.07) is 0.277. The Morgan fingerprint density at radius 3 is 3.14 bits per heavy atom. The Bertz CT molecular complexity index is 257. The third kappa shape index (κ3) is 2.89. The molecule has 2 N–H and O–H groups in total. The number of hydrogen-bond donors (Lipinski definition) is 1. The van der Waals surface area contributed by atoms with Crippen LogP contribution in [0.25, 0.3) is 0 Å². The van der Waals surface area contributed by atoms with Crippen LogP contribution in [0.4, 0.5) is 0 Å². The van der Waals surface area contributed by atoms with E-state index in [0.717, 1.165) is 6.42 Å². The van der Waals surface area contributed by atoms with E-state index in [1.165, 1.54) is 22.3 Å². The molecule has 1 fully saturated rings. The van der Waals surface area contributed by atoms with Crippen molar-refractivity contribution in [3.63, 3.8) is 0 Å². The smallest absolute Gasteiger partial charge is 0.0940 e. The summed E-state index contributed by atoms with van der Waals surface area (Å²) in [5.74, 6) is 3.74. The molecule has 5 heteroatoms. The van der Waals surface area contributed by atoms with Crippen molar-refractivity contribution >= 4 is 34.9 Å². The maximum Gasteiger partial charge on any atom is 0.0940 e. The monoisotopic (exact) mass is 246 g/mol. The van der Waals surface area contributed by atoms with Crippen molar-refractivity contribution in [2.45, 2.75) is 17.7 Å². The number of aromatic nitrogens is 1. The summed E-state index contributed by atoms with van der Waals surface area (Å²) in [5, 5.41) is 3.82. The molecule has 1 saturated heterocycles. The maximum atomic E-state index is 6.17. The number of hydrogen-bond acceptors (Lipinski definition) is 5. The number of nitrogens with two attached hydrogens (primary N) is 1. The zero-order valence-electron chi connectivity index (χ0n) is 7.89. The SMILES string of the molecule is NC(Cc1nccs1)C1CSCCS1. The first-order chi connectivity index (χ1) is 6.86. The third-order valence-electron chi connectivity index (χ3n) is 2.21. The van der Waals surface area contributed by atoms with Gasteiger partial charge in [0.1, 0.15) is 0 Å². The average molecular weight is 246 g/mol. The van der Waals surface area contributed by atoms with Crippen LogP contribution in [0.15, 0.2) is 11.6 Å². The lowest BCUT2D eigenvalue weighted by molar-refractivity contribution is 0.661. The van der Waals surface area contributed by atoms with Gasteiger partial charge in [0.15, 0.2) is 0 Å². The molecule has 0 saturated carbocycles. The van der Waals surface area contributed by atoms with E-state index in [4.69, 9.17) is 5.73 Å². The highest BCUT2D eigenvalue weighted by Gasteiger charge is 2.22. The first-order valence-corrected chi connectivity index (χ1v) is 7.78. The Hall–Kier alpha value is 0.290. The van der Waals surface area contributed by atoms with E-state index in [1.54, 1.807) is 11.3 Å². The maximum absolute atomic E-state index is 6.17. The van der Waals surface area contributed by atoms with Crippen LogP contribution in [0.5, 0.6) is 0 Å². The van der Waals surface area contributed by atoms with Gasteiger partial charge in [-0.2, -0.15) is 23.5 Å². The highest BCUT2D eigenvalue weighted by atomic mass is 32.2. The van der Waals surface area contributed by atoms with Crippen LogP contribution in [-0.4, -0.2) is 33.5 Å². The van der Waals surface area contributed by atoms with Crippen molar-refractivity contribution in [3.05, 3.63) is 16.6 Å². The summed E-state index contributed by atoms with van der Waals surface area (Å²) in [6.07, 6.45) is 2.80. The van der Waals surface area contributed by atoms with Crippen LogP contribution >= 0.6 is 34.9 Å². The first-order valence-electron chi connectivity index (χ1n) is 4.69. The summed E-state index contributed by atoms with van der Waals surface area (Å²) in [4.78, 5) is 4.27. The molecule has 1 aliphatic heterocycles. The normalized spacial score (nSPS) is 24.8. The quantitative estimate of drug-likeness (QED) is 0.883. The van der Waals surface area contributed by atoms with Gasteiger partial charge in [0.05, 0.1) is 5.01 Å². The number of nitrogens with zero attached hydrogens (tertiary/aromatic N) is 1. The lowest BCUT2D eigenvalue weighted by atomic mass is 10.2. The van der Waals surface area contributed by atoms with Crippen molar-refractivity contribution < 1.29 is 0 Å². The molecule has 1 aromatic heterocycles. The van der Waals surface area contributed by atoms with E-state index in [1.807, 2.05) is 35.1 Å². The second-order valence-corrected chi connectivity index (χ2v) is 6.75. The van der Waals surface area contributed by atoms with Gasteiger partial charge in [0.2, 0.25) is 0 Å². The van der Waals surface area contributed by atoms with Gasteiger partial charge in [-0.05, 0) is 0 Å². The van der Waals surface area contributed by atoms with E-state index in [2.05, 4.69) is 4.98 Å². The number of rotatable bonds is 3. The summed E-state index contributed by atoms with van der Waals surface area (Å²) < 4.78 is 0. The summed E-state index contributed by atoms with van der Waals surface area (Å²) in [6.45, 7) is 0. The molecule has 0 spiro atoms. The van der Waals surface area contributed by atoms with Crippen LogP contribution in [0.3, 0.4) is 0 Å². The largest absolute Gasteiger partial charge is 0.326 e. The van der Waals surface area contributed by atoms with Crippen LogP contribution in [0.1, 0.15) is 5.01 Å². The molecule has 1 aromatic rings. The molecule has 1 aliphatic rings. The van der Waals surface area contributed by atoms with Gasteiger partial charge in [-0.3, -0.25) is 0 Å². The van der Waals surface area contributed by atoms with Gasteiger partial charge in [-0.15, -0.1) is 11.3 Å². The molecular formula is C9H14N2S3. The third-order valence-corrected chi connectivity index (χ3v) is 5.96. The summed E-state index contributed by atoms with van der Waals surface area (Å²) in [5.41, 5.74) is 6.17. The Morgan fingerprint density at radius 1 is 1.57 bits per heavy atom. The fraction of sp³-hybridized carbons (Fsp3) is 0.667. The van der Waals surface area contributed by atoms with Crippen LogP contribution in [-0.2, 0) is 6.42 Å². The molecule has 0 aliphatic carbocycles. The Balaban J connectivity index is 1.85. The van der Waals surface area contributed by atoms with Gasteiger partial charge in [-0.25, -0.2) is 4.98 Å². The topological polar surface area (TPSA) is 38.9 Å². The number of thiazole rings is 1. The van der Waals surface area contributed by atoms with Gasteiger partial charge in [0.25, 0.3) is 0 Å². The van der Waals surface area contributed by atoms with Crippen LogP contribution in [0, 0.1) is 0 Å². The Kier molecular flexibility index (Phi) is 4.16. The zero-order chi connectivity index (χ0) is 9.80.